The van der Waals surface area contributed by atoms with Crippen LogP contribution in [0, 0.1) is 0 Å². The number of benzene rings is 1. The van der Waals surface area contributed by atoms with Crippen LogP contribution in [0.3, 0.4) is 0 Å². The van der Waals surface area contributed by atoms with Gasteiger partial charge >= 0.3 is 5.97 Å². The number of carbonyl (C=O) groups is 2. The smallest absolute Gasteiger partial charge is 0.338 e. The summed E-state index contributed by atoms with van der Waals surface area (Å²) in [5.74, 6) is -0.429. The van der Waals surface area contributed by atoms with Gasteiger partial charge in [-0.1, -0.05) is 49.0 Å². The van der Waals surface area contributed by atoms with Crippen LogP contribution in [0.1, 0.15) is 66.0 Å². The summed E-state index contributed by atoms with van der Waals surface area (Å²) in [7, 11) is 0. The summed E-state index contributed by atoms with van der Waals surface area (Å²) in [5, 5.41) is 5.74. The first kappa shape index (κ1) is 23.1. The minimum atomic E-state index is -0.621. The number of allylic oxidation sites excluding steroid dienone is 1. The van der Waals surface area contributed by atoms with Crippen LogP contribution in [-0.2, 0) is 14.3 Å². The first-order valence-electron chi connectivity index (χ1n) is 10.6. The number of rotatable bonds is 6. The van der Waals surface area contributed by atoms with Gasteiger partial charge in [-0.05, 0) is 52.0 Å². The lowest BCUT2D eigenvalue weighted by molar-refractivity contribution is -0.150. The molecule has 166 valence electrons. The van der Waals surface area contributed by atoms with Crippen molar-refractivity contribution in [2.24, 2.45) is 4.99 Å². The molecule has 0 aromatic heterocycles. The Kier molecular flexibility index (Phi) is 6.94. The number of aliphatic imine (C=N–C) groups is 1. The molecule has 0 radical (unpaired) electrons. The van der Waals surface area contributed by atoms with Crippen LogP contribution in [-0.4, -0.2) is 33.6 Å². The van der Waals surface area contributed by atoms with E-state index in [-0.39, 0.29) is 24.3 Å². The molecule has 0 saturated heterocycles. The third kappa shape index (κ3) is 5.39. The Balaban J connectivity index is 1.99. The molecule has 1 aromatic carbocycles. The Morgan fingerprint density at radius 3 is 2.55 bits per heavy atom. The number of carbonyl (C=O) groups excluding carboxylic acids is 2. The molecular weight excluding hydrogens is 410 g/mol. The molecule has 3 rings (SSSR count). The molecule has 6 nitrogen and oxygen atoms in total. The normalized spacial score (nSPS) is 19.4. The Morgan fingerprint density at radius 2 is 1.94 bits per heavy atom. The SMILES string of the molecule is CC[C@@H](C)NC(=O)CC1=CSC2=NC(C)=C(C(=O)OC(C)(C)C)[C@@H](c3ccccc3)N12. The fraction of sp³-hybridized carbons (Fsp3) is 0.458. The predicted molar refractivity (Wildman–Crippen MR) is 125 cm³/mol. The number of ether oxygens (including phenoxy) is 1. The van der Waals surface area contributed by atoms with Gasteiger partial charge in [0.2, 0.25) is 5.91 Å². The van der Waals surface area contributed by atoms with E-state index >= 15 is 0 Å². The van der Waals surface area contributed by atoms with Gasteiger partial charge in [0, 0.05) is 11.7 Å². The molecule has 2 aliphatic heterocycles. The largest absolute Gasteiger partial charge is 0.456 e. The Hall–Kier alpha value is -2.54. The zero-order valence-corrected chi connectivity index (χ0v) is 19.9. The lowest BCUT2D eigenvalue weighted by Crippen LogP contribution is -2.40. The van der Waals surface area contributed by atoms with Gasteiger partial charge in [-0.3, -0.25) is 4.79 Å². The van der Waals surface area contributed by atoms with E-state index in [0.29, 0.717) is 11.3 Å². The molecule has 2 heterocycles. The van der Waals surface area contributed by atoms with Crippen molar-refractivity contribution in [1.29, 1.82) is 0 Å². The first-order valence-corrected chi connectivity index (χ1v) is 11.5. The summed E-state index contributed by atoms with van der Waals surface area (Å²) >= 11 is 1.48. The van der Waals surface area contributed by atoms with Crippen molar-refractivity contribution in [3.63, 3.8) is 0 Å². The third-order valence-electron chi connectivity index (χ3n) is 5.10. The quantitative estimate of drug-likeness (QED) is 0.635. The summed E-state index contributed by atoms with van der Waals surface area (Å²) in [5.41, 5.74) is 2.29. The molecule has 0 unspecified atom stereocenters. The van der Waals surface area contributed by atoms with Crippen molar-refractivity contribution in [2.45, 2.75) is 72.1 Å². The number of thioether (sulfide) groups is 1. The molecule has 0 fully saturated rings. The van der Waals surface area contributed by atoms with Crippen LogP contribution < -0.4 is 5.32 Å². The molecule has 1 amide bonds. The molecule has 31 heavy (non-hydrogen) atoms. The van der Waals surface area contributed by atoms with Crippen molar-refractivity contribution in [2.75, 3.05) is 0 Å². The van der Waals surface area contributed by atoms with Crippen LogP contribution in [0.2, 0.25) is 0 Å². The Morgan fingerprint density at radius 1 is 1.26 bits per heavy atom. The maximum absolute atomic E-state index is 13.2. The van der Waals surface area contributed by atoms with E-state index in [2.05, 4.69) is 10.3 Å². The summed E-state index contributed by atoms with van der Waals surface area (Å²) < 4.78 is 5.73. The molecule has 0 saturated carbocycles. The average molecular weight is 442 g/mol. The number of fused-ring (bicyclic) bond motifs is 1. The van der Waals surface area contributed by atoms with Gasteiger partial charge in [0.25, 0.3) is 0 Å². The van der Waals surface area contributed by atoms with Crippen molar-refractivity contribution in [3.05, 3.63) is 58.3 Å². The van der Waals surface area contributed by atoms with E-state index in [0.717, 1.165) is 22.8 Å². The Bertz CT molecular complexity index is 945. The van der Waals surface area contributed by atoms with Crippen LogP contribution in [0.15, 0.2) is 57.7 Å². The fourth-order valence-corrected chi connectivity index (χ4v) is 4.47. The highest BCUT2D eigenvalue weighted by molar-refractivity contribution is 8.16. The first-order chi connectivity index (χ1) is 14.6. The number of esters is 1. The van der Waals surface area contributed by atoms with Crippen LogP contribution in [0.5, 0.6) is 0 Å². The molecule has 1 aromatic rings. The third-order valence-corrected chi connectivity index (χ3v) is 5.98. The highest BCUT2D eigenvalue weighted by Crippen LogP contribution is 2.45. The lowest BCUT2D eigenvalue weighted by atomic mass is 9.93. The predicted octanol–water partition coefficient (Wildman–Crippen LogP) is 4.91. The van der Waals surface area contributed by atoms with Crippen LogP contribution in [0.25, 0.3) is 0 Å². The van der Waals surface area contributed by atoms with Crippen LogP contribution in [0.4, 0.5) is 0 Å². The number of amides is 1. The zero-order chi connectivity index (χ0) is 22.8. The van der Waals surface area contributed by atoms with E-state index in [1.54, 1.807) is 0 Å². The standard InChI is InChI=1S/C24H31N3O3S/c1-7-15(2)25-19(28)13-18-14-31-23-26-16(3)20(22(29)30-24(4,5)6)21(27(18)23)17-11-9-8-10-12-17/h8-12,14-15,21H,7,13H2,1-6H3,(H,25,28)/t15-,21-/m1/s1. The second-order valence-corrected chi connectivity index (χ2v) is 9.70. The van der Waals surface area contributed by atoms with Gasteiger partial charge in [0.05, 0.1) is 23.7 Å². The minimum absolute atomic E-state index is 0.0423. The lowest BCUT2D eigenvalue weighted by Gasteiger charge is -2.37. The zero-order valence-electron chi connectivity index (χ0n) is 19.1. The van der Waals surface area contributed by atoms with E-state index in [4.69, 9.17) is 4.74 Å². The molecule has 2 aliphatic rings. The monoisotopic (exact) mass is 441 g/mol. The van der Waals surface area contributed by atoms with Crippen LogP contribution >= 0.6 is 11.8 Å². The molecule has 1 N–H and O–H groups in total. The topological polar surface area (TPSA) is 71.0 Å². The maximum Gasteiger partial charge on any atom is 0.338 e. The van der Waals surface area contributed by atoms with Gasteiger partial charge in [0.15, 0.2) is 5.17 Å². The second-order valence-electron chi connectivity index (χ2n) is 8.86. The summed E-state index contributed by atoms with van der Waals surface area (Å²) in [6, 6.07) is 9.54. The summed E-state index contributed by atoms with van der Waals surface area (Å²) in [4.78, 5) is 32.5. The second kappa shape index (κ2) is 9.30. The fourth-order valence-electron chi connectivity index (χ4n) is 3.51. The van der Waals surface area contributed by atoms with E-state index in [9.17, 15) is 9.59 Å². The molecule has 2 atom stereocenters. The van der Waals surface area contributed by atoms with Gasteiger partial charge in [0.1, 0.15) is 5.60 Å². The van der Waals surface area contributed by atoms with Crippen molar-refractivity contribution >= 4 is 28.8 Å². The molecule has 0 spiro atoms. The molecule has 0 bridgehead atoms. The highest BCUT2D eigenvalue weighted by Gasteiger charge is 2.41. The summed E-state index contributed by atoms with van der Waals surface area (Å²) in [6.45, 7) is 11.4. The van der Waals surface area contributed by atoms with Crippen molar-refractivity contribution in [1.82, 2.24) is 10.2 Å². The molecule has 7 heteroatoms. The van der Waals surface area contributed by atoms with Gasteiger partial charge in [-0.2, -0.15) is 0 Å². The Labute approximate surface area is 188 Å². The summed E-state index contributed by atoms with van der Waals surface area (Å²) in [6.07, 6.45) is 1.09. The minimum Gasteiger partial charge on any atom is -0.456 e. The number of hydrogen-bond acceptors (Lipinski definition) is 6. The van der Waals surface area contributed by atoms with Gasteiger partial charge in [-0.25, -0.2) is 9.79 Å². The number of amidine groups is 1. The van der Waals surface area contributed by atoms with Crippen molar-refractivity contribution < 1.29 is 14.3 Å². The number of hydrogen-bond donors (Lipinski definition) is 1. The molecule has 0 aliphatic carbocycles. The van der Waals surface area contributed by atoms with E-state index < -0.39 is 11.6 Å². The highest BCUT2D eigenvalue weighted by atomic mass is 32.2. The number of nitrogens with one attached hydrogen (secondary N) is 1. The van der Waals surface area contributed by atoms with Gasteiger partial charge < -0.3 is 15.0 Å². The van der Waals surface area contributed by atoms with E-state index in [1.807, 2.05) is 82.2 Å². The average Bonchev–Trinajstić information content (AvgIpc) is 3.07. The van der Waals surface area contributed by atoms with E-state index in [1.165, 1.54) is 11.8 Å². The van der Waals surface area contributed by atoms with Gasteiger partial charge in [-0.15, -0.1) is 0 Å². The molecular formula is C24H31N3O3S. The number of nitrogens with zero attached hydrogens (tertiary/aromatic N) is 2. The maximum atomic E-state index is 13.2. The van der Waals surface area contributed by atoms with Crippen molar-refractivity contribution in [3.8, 4) is 0 Å².